The fraction of sp³-hybridized carbons (Fsp3) is 0.571. The van der Waals surface area contributed by atoms with E-state index in [1.807, 2.05) is 0 Å². The Morgan fingerprint density at radius 1 is 1.20 bits per heavy atom. The summed E-state index contributed by atoms with van der Waals surface area (Å²) >= 11 is 0. The van der Waals surface area contributed by atoms with Crippen molar-refractivity contribution in [2.75, 3.05) is 0 Å². The van der Waals surface area contributed by atoms with Crippen molar-refractivity contribution < 1.29 is 0 Å². The molecule has 0 aliphatic heterocycles. The number of nitrogens with two attached hydrogens (primary N) is 1. The lowest BCUT2D eigenvalue weighted by Gasteiger charge is -2.18. The zero-order valence-electron chi connectivity index (χ0n) is 10.0. The topological polar surface area (TPSA) is 26.0 Å². The third-order valence-corrected chi connectivity index (χ3v) is 3.39. The van der Waals surface area contributed by atoms with Gasteiger partial charge in [-0.3, -0.25) is 0 Å². The highest BCUT2D eigenvalue weighted by atomic mass is 14.6. The van der Waals surface area contributed by atoms with E-state index in [1.165, 1.54) is 41.5 Å². The van der Waals surface area contributed by atoms with Crippen LogP contribution in [0.2, 0.25) is 0 Å². The highest BCUT2D eigenvalue weighted by molar-refractivity contribution is 5.39. The molecule has 1 aliphatic carbocycles. The molecule has 0 heterocycles. The first kappa shape index (κ1) is 10.7. The molecule has 2 rings (SSSR count). The molecule has 0 radical (unpaired) electrons. The van der Waals surface area contributed by atoms with Crippen LogP contribution in [0.4, 0.5) is 0 Å². The van der Waals surface area contributed by atoms with E-state index >= 15 is 0 Å². The first-order chi connectivity index (χ1) is 7.08. The number of rotatable bonds is 3. The van der Waals surface area contributed by atoms with Crippen molar-refractivity contribution in [3.63, 3.8) is 0 Å². The summed E-state index contributed by atoms with van der Waals surface area (Å²) in [5.74, 6) is 0.903. The summed E-state index contributed by atoms with van der Waals surface area (Å²) in [7, 11) is 0. The third-order valence-electron chi connectivity index (χ3n) is 3.39. The summed E-state index contributed by atoms with van der Waals surface area (Å²) in [6.07, 6.45) is 3.94. The SMILES string of the molecule is Cc1cc(C)c(C(N)CC2CC2)c(C)c1. The van der Waals surface area contributed by atoms with Crippen LogP contribution in [0.3, 0.4) is 0 Å². The molecule has 1 fully saturated rings. The quantitative estimate of drug-likeness (QED) is 0.800. The summed E-state index contributed by atoms with van der Waals surface area (Å²) in [6.45, 7) is 6.51. The van der Waals surface area contributed by atoms with Crippen molar-refractivity contribution >= 4 is 0 Å². The largest absolute Gasteiger partial charge is 0.324 e. The predicted octanol–water partition coefficient (Wildman–Crippen LogP) is 3.41. The smallest absolute Gasteiger partial charge is 0.0302 e. The van der Waals surface area contributed by atoms with Gasteiger partial charge in [0.05, 0.1) is 0 Å². The molecule has 2 N–H and O–H groups in total. The first-order valence-electron chi connectivity index (χ1n) is 5.91. The van der Waals surface area contributed by atoms with Gasteiger partial charge < -0.3 is 5.73 Å². The van der Waals surface area contributed by atoms with E-state index < -0.39 is 0 Å². The molecule has 1 saturated carbocycles. The highest BCUT2D eigenvalue weighted by Crippen LogP contribution is 2.38. The van der Waals surface area contributed by atoms with Gasteiger partial charge in [-0.05, 0) is 49.8 Å². The maximum atomic E-state index is 6.29. The van der Waals surface area contributed by atoms with Crippen LogP contribution in [0.1, 0.15) is 47.6 Å². The zero-order chi connectivity index (χ0) is 11.0. The Labute approximate surface area is 92.7 Å². The lowest BCUT2D eigenvalue weighted by molar-refractivity contribution is 0.591. The van der Waals surface area contributed by atoms with Gasteiger partial charge in [-0.25, -0.2) is 0 Å². The van der Waals surface area contributed by atoms with E-state index in [4.69, 9.17) is 5.73 Å². The van der Waals surface area contributed by atoms with E-state index in [0.29, 0.717) is 0 Å². The molecule has 0 amide bonds. The Balaban J connectivity index is 2.24. The van der Waals surface area contributed by atoms with Gasteiger partial charge in [0.1, 0.15) is 0 Å². The van der Waals surface area contributed by atoms with Gasteiger partial charge in [0.15, 0.2) is 0 Å². The van der Waals surface area contributed by atoms with Crippen LogP contribution >= 0.6 is 0 Å². The maximum absolute atomic E-state index is 6.29. The minimum Gasteiger partial charge on any atom is -0.324 e. The minimum absolute atomic E-state index is 0.248. The van der Waals surface area contributed by atoms with Crippen molar-refractivity contribution in [2.45, 2.75) is 46.1 Å². The van der Waals surface area contributed by atoms with Gasteiger partial charge in [-0.2, -0.15) is 0 Å². The number of aryl methyl sites for hydroxylation is 3. The molecule has 0 spiro atoms. The molecule has 15 heavy (non-hydrogen) atoms. The van der Waals surface area contributed by atoms with Gasteiger partial charge >= 0.3 is 0 Å². The van der Waals surface area contributed by atoms with Crippen LogP contribution in [0.5, 0.6) is 0 Å². The molecule has 82 valence electrons. The Bertz CT molecular complexity index is 341. The molecule has 1 aromatic rings. The molecule has 0 bridgehead atoms. The minimum atomic E-state index is 0.248. The summed E-state index contributed by atoms with van der Waals surface area (Å²) in [5, 5.41) is 0. The second-order valence-corrected chi connectivity index (χ2v) is 5.10. The molecule has 1 aromatic carbocycles. The van der Waals surface area contributed by atoms with Crippen molar-refractivity contribution in [3.05, 3.63) is 34.4 Å². The number of hydrogen-bond donors (Lipinski definition) is 1. The van der Waals surface area contributed by atoms with Crippen LogP contribution in [0.15, 0.2) is 12.1 Å². The van der Waals surface area contributed by atoms with Crippen LogP contribution in [-0.4, -0.2) is 0 Å². The molecule has 1 unspecified atom stereocenters. The molecule has 0 saturated heterocycles. The normalized spacial score (nSPS) is 17.9. The molecule has 1 nitrogen and oxygen atoms in total. The Kier molecular flexibility index (Phi) is 2.83. The molecule has 1 aliphatic rings. The standard InChI is InChI=1S/C14H21N/c1-9-6-10(2)14(11(3)7-9)13(15)8-12-4-5-12/h6-7,12-13H,4-5,8,15H2,1-3H3. The zero-order valence-corrected chi connectivity index (χ0v) is 10.0. The fourth-order valence-electron chi connectivity index (χ4n) is 2.61. The Morgan fingerprint density at radius 2 is 1.73 bits per heavy atom. The van der Waals surface area contributed by atoms with Gasteiger partial charge in [0, 0.05) is 6.04 Å². The van der Waals surface area contributed by atoms with Crippen molar-refractivity contribution in [1.29, 1.82) is 0 Å². The summed E-state index contributed by atoms with van der Waals surface area (Å²) in [4.78, 5) is 0. The lowest BCUT2D eigenvalue weighted by atomic mass is 9.92. The van der Waals surface area contributed by atoms with E-state index in [1.54, 1.807) is 0 Å². The lowest BCUT2D eigenvalue weighted by Crippen LogP contribution is -2.14. The summed E-state index contributed by atoms with van der Waals surface area (Å²) in [6, 6.07) is 4.74. The average Bonchev–Trinajstić information content (AvgIpc) is 2.85. The third kappa shape index (κ3) is 2.40. The van der Waals surface area contributed by atoms with Gasteiger partial charge in [0.25, 0.3) is 0 Å². The maximum Gasteiger partial charge on any atom is 0.0302 e. The Morgan fingerprint density at radius 3 is 2.20 bits per heavy atom. The summed E-state index contributed by atoms with van der Waals surface area (Å²) < 4.78 is 0. The van der Waals surface area contributed by atoms with Crippen LogP contribution in [0, 0.1) is 26.7 Å². The van der Waals surface area contributed by atoms with E-state index in [0.717, 1.165) is 5.92 Å². The average molecular weight is 203 g/mol. The molecule has 0 aromatic heterocycles. The predicted molar refractivity (Wildman–Crippen MR) is 64.9 cm³/mol. The van der Waals surface area contributed by atoms with Gasteiger partial charge in [-0.1, -0.05) is 30.5 Å². The van der Waals surface area contributed by atoms with E-state index in [-0.39, 0.29) is 6.04 Å². The molecule has 1 heteroatoms. The van der Waals surface area contributed by atoms with Gasteiger partial charge in [-0.15, -0.1) is 0 Å². The van der Waals surface area contributed by atoms with Crippen molar-refractivity contribution in [3.8, 4) is 0 Å². The van der Waals surface area contributed by atoms with Crippen molar-refractivity contribution in [2.24, 2.45) is 11.7 Å². The number of hydrogen-bond acceptors (Lipinski definition) is 1. The van der Waals surface area contributed by atoms with Crippen LogP contribution in [-0.2, 0) is 0 Å². The van der Waals surface area contributed by atoms with Crippen molar-refractivity contribution in [1.82, 2.24) is 0 Å². The molecule has 1 atom stereocenters. The van der Waals surface area contributed by atoms with E-state index in [9.17, 15) is 0 Å². The Hall–Kier alpha value is -0.820. The highest BCUT2D eigenvalue weighted by Gasteiger charge is 2.25. The molecular formula is C14H21N. The van der Waals surface area contributed by atoms with E-state index in [2.05, 4.69) is 32.9 Å². The second-order valence-electron chi connectivity index (χ2n) is 5.10. The van der Waals surface area contributed by atoms with Crippen LogP contribution in [0.25, 0.3) is 0 Å². The number of benzene rings is 1. The van der Waals surface area contributed by atoms with Crippen LogP contribution < -0.4 is 5.73 Å². The summed E-state index contributed by atoms with van der Waals surface area (Å²) in [5.41, 5.74) is 11.7. The second kappa shape index (κ2) is 3.97. The fourth-order valence-corrected chi connectivity index (χ4v) is 2.61. The molecular weight excluding hydrogens is 182 g/mol. The monoisotopic (exact) mass is 203 g/mol. The first-order valence-corrected chi connectivity index (χ1v) is 5.91. The van der Waals surface area contributed by atoms with Gasteiger partial charge in [0.2, 0.25) is 0 Å².